The van der Waals surface area contributed by atoms with Crippen LogP contribution in [-0.4, -0.2) is 52.4 Å². The molecule has 0 unspecified atom stereocenters. The van der Waals surface area contributed by atoms with Crippen LogP contribution in [0.5, 0.6) is 0 Å². The molecule has 0 spiro atoms. The molecule has 0 radical (unpaired) electrons. The predicted molar refractivity (Wildman–Crippen MR) is 110 cm³/mol. The molecule has 7 heteroatoms. The van der Waals surface area contributed by atoms with E-state index in [0.29, 0.717) is 23.2 Å². The first kappa shape index (κ1) is 19.9. The molecule has 1 saturated heterocycles. The number of hydrogen-bond donors (Lipinski definition) is 2. The molecule has 2 aromatic rings. The van der Waals surface area contributed by atoms with Gasteiger partial charge in [0.15, 0.2) is 0 Å². The van der Waals surface area contributed by atoms with Crippen LogP contribution >= 0.6 is 11.8 Å². The SMILES string of the molecule is Cc1cc(C(=O)O)cc(C(=O)Nc2ccc(CC(=O)N3CCSCC3)cc2)c1. The van der Waals surface area contributed by atoms with Gasteiger partial charge in [0.2, 0.25) is 5.91 Å². The van der Waals surface area contributed by atoms with E-state index in [9.17, 15) is 14.4 Å². The summed E-state index contributed by atoms with van der Waals surface area (Å²) >= 11 is 1.86. The molecular formula is C21H22N2O4S. The fourth-order valence-corrected chi connectivity index (χ4v) is 3.95. The number of carbonyl (C=O) groups excluding carboxylic acids is 2. The third-order valence-corrected chi connectivity index (χ3v) is 5.46. The van der Waals surface area contributed by atoms with E-state index in [1.54, 1.807) is 25.1 Å². The van der Waals surface area contributed by atoms with Crippen molar-refractivity contribution in [2.24, 2.45) is 0 Å². The van der Waals surface area contributed by atoms with Gasteiger partial charge >= 0.3 is 5.97 Å². The third-order valence-electron chi connectivity index (χ3n) is 4.52. The highest BCUT2D eigenvalue weighted by molar-refractivity contribution is 7.99. The van der Waals surface area contributed by atoms with Crippen molar-refractivity contribution < 1.29 is 19.5 Å². The summed E-state index contributed by atoms with van der Waals surface area (Å²) in [4.78, 5) is 37.8. The van der Waals surface area contributed by atoms with Gasteiger partial charge in [0.05, 0.1) is 12.0 Å². The fourth-order valence-electron chi connectivity index (χ4n) is 3.05. The van der Waals surface area contributed by atoms with Gasteiger partial charge in [-0.3, -0.25) is 9.59 Å². The highest BCUT2D eigenvalue weighted by Gasteiger charge is 2.17. The third kappa shape index (κ3) is 5.13. The Morgan fingerprint density at radius 2 is 1.68 bits per heavy atom. The average molecular weight is 398 g/mol. The molecule has 1 heterocycles. The maximum absolute atomic E-state index is 12.4. The van der Waals surface area contributed by atoms with Gasteiger partial charge in [0.1, 0.15) is 0 Å². The molecule has 1 aliphatic heterocycles. The van der Waals surface area contributed by atoms with Crippen molar-refractivity contribution in [2.75, 3.05) is 29.9 Å². The second-order valence-corrected chi connectivity index (χ2v) is 7.94. The van der Waals surface area contributed by atoms with Gasteiger partial charge in [-0.15, -0.1) is 0 Å². The summed E-state index contributed by atoms with van der Waals surface area (Å²) in [5.74, 6) is 0.649. The standard InChI is InChI=1S/C21H22N2O4S/c1-14-10-16(13-17(11-14)21(26)27)20(25)22-18-4-2-15(3-5-18)12-19(24)23-6-8-28-9-7-23/h2-5,10-11,13H,6-9,12H2,1H3,(H,22,25)(H,26,27). The number of nitrogens with one attached hydrogen (secondary N) is 1. The van der Waals surface area contributed by atoms with Crippen molar-refractivity contribution in [3.8, 4) is 0 Å². The Morgan fingerprint density at radius 3 is 2.32 bits per heavy atom. The summed E-state index contributed by atoms with van der Waals surface area (Å²) in [5.41, 5.74) is 2.56. The zero-order valence-electron chi connectivity index (χ0n) is 15.6. The molecule has 0 bridgehead atoms. The maximum atomic E-state index is 12.4. The lowest BCUT2D eigenvalue weighted by Gasteiger charge is -2.26. The van der Waals surface area contributed by atoms with E-state index in [4.69, 9.17) is 5.11 Å². The summed E-state index contributed by atoms with van der Waals surface area (Å²) in [7, 11) is 0. The number of thioether (sulfide) groups is 1. The predicted octanol–water partition coefficient (Wildman–Crippen LogP) is 3.06. The first-order valence-electron chi connectivity index (χ1n) is 9.03. The fraction of sp³-hybridized carbons (Fsp3) is 0.286. The lowest BCUT2D eigenvalue weighted by molar-refractivity contribution is -0.130. The van der Waals surface area contributed by atoms with E-state index in [2.05, 4.69) is 5.32 Å². The molecule has 6 nitrogen and oxygen atoms in total. The molecular weight excluding hydrogens is 376 g/mol. The minimum absolute atomic E-state index is 0.0788. The Labute approximate surface area is 167 Å². The normalized spacial score (nSPS) is 13.8. The number of benzene rings is 2. The van der Waals surface area contributed by atoms with Crippen molar-refractivity contribution in [1.82, 2.24) is 4.90 Å². The summed E-state index contributed by atoms with van der Waals surface area (Å²) in [6.45, 7) is 3.34. The van der Waals surface area contributed by atoms with Gasteiger partial charge in [0.25, 0.3) is 5.91 Å². The lowest BCUT2D eigenvalue weighted by atomic mass is 10.1. The second-order valence-electron chi connectivity index (χ2n) is 6.71. The summed E-state index contributed by atoms with van der Waals surface area (Å²) in [5, 5.41) is 11.9. The molecule has 2 N–H and O–H groups in total. The molecule has 2 amide bonds. The van der Waals surface area contributed by atoms with Crippen LogP contribution in [0.4, 0.5) is 5.69 Å². The number of carboxylic acid groups (broad SMARTS) is 1. The van der Waals surface area contributed by atoms with Gasteiger partial charge in [-0.1, -0.05) is 12.1 Å². The van der Waals surface area contributed by atoms with Gasteiger partial charge in [-0.2, -0.15) is 11.8 Å². The summed E-state index contributed by atoms with van der Waals surface area (Å²) < 4.78 is 0. The molecule has 1 aliphatic rings. The van der Waals surface area contributed by atoms with E-state index < -0.39 is 5.97 Å². The minimum Gasteiger partial charge on any atom is -0.478 e. The molecule has 2 aromatic carbocycles. The summed E-state index contributed by atoms with van der Waals surface area (Å²) in [6, 6.07) is 11.7. The van der Waals surface area contributed by atoms with E-state index in [1.807, 2.05) is 28.8 Å². The molecule has 146 valence electrons. The van der Waals surface area contributed by atoms with Crippen LogP contribution < -0.4 is 5.32 Å². The van der Waals surface area contributed by atoms with Crippen LogP contribution in [0.2, 0.25) is 0 Å². The Bertz CT molecular complexity index is 890. The number of nitrogens with zero attached hydrogens (tertiary/aromatic N) is 1. The number of rotatable bonds is 5. The van der Waals surface area contributed by atoms with E-state index in [1.165, 1.54) is 12.1 Å². The van der Waals surface area contributed by atoms with Crippen molar-refractivity contribution in [2.45, 2.75) is 13.3 Å². The lowest BCUT2D eigenvalue weighted by Crippen LogP contribution is -2.38. The first-order valence-corrected chi connectivity index (χ1v) is 10.2. The Hall–Kier alpha value is -2.80. The van der Waals surface area contributed by atoms with Crippen molar-refractivity contribution in [3.63, 3.8) is 0 Å². The average Bonchev–Trinajstić information content (AvgIpc) is 2.69. The van der Waals surface area contributed by atoms with Gasteiger partial charge < -0.3 is 15.3 Å². The molecule has 0 aliphatic carbocycles. The Morgan fingerprint density at radius 1 is 1.04 bits per heavy atom. The highest BCUT2D eigenvalue weighted by atomic mass is 32.2. The first-order chi connectivity index (χ1) is 13.4. The second kappa shape index (κ2) is 8.93. The van der Waals surface area contributed by atoms with Gasteiger partial charge in [-0.05, 0) is 48.4 Å². The molecule has 0 saturated carbocycles. The van der Waals surface area contributed by atoms with Crippen molar-refractivity contribution in [1.29, 1.82) is 0 Å². The smallest absolute Gasteiger partial charge is 0.335 e. The number of aromatic carboxylic acids is 1. The van der Waals surface area contributed by atoms with Crippen molar-refractivity contribution >= 4 is 35.2 Å². The summed E-state index contributed by atoms with van der Waals surface area (Å²) in [6.07, 6.45) is 0.346. The largest absolute Gasteiger partial charge is 0.478 e. The zero-order chi connectivity index (χ0) is 20.1. The number of carboxylic acids is 1. The van der Waals surface area contributed by atoms with Crippen LogP contribution in [0.3, 0.4) is 0 Å². The van der Waals surface area contributed by atoms with Crippen LogP contribution in [0, 0.1) is 6.92 Å². The Kier molecular flexibility index (Phi) is 6.36. The van der Waals surface area contributed by atoms with E-state index >= 15 is 0 Å². The van der Waals surface area contributed by atoms with Crippen LogP contribution in [0.1, 0.15) is 31.8 Å². The van der Waals surface area contributed by atoms with Gasteiger partial charge in [0, 0.05) is 35.8 Å². The quantitative estimate of drug-likeness (QED) is 0.808. The maximum Gasteiger partial charge on any atom is 0.335 e. The molecule has 28 heavy (non-hydrogen) atoms. The monoisotopic (exact) mass is 398 g/mol. The molecule has 3 rings (SSSR count). The minimum atomic E-state index is -1.07. The molecule has 1 fully saturated rings. The highest BCUT2D eigenvalue weighted by Crippen LogP contribution is 2.16. The van der Waals surface area contributed by atoms with Crippen LogP contribution in [-0.2, 0) is 11.2 Å². The Balaban J connectivity index is 1.63. The van der Waals surface area contributed by atoms with Crippen LogP contribution in [0.15, 0.2) is 42.5 Å². The zero-order valence-corrected chi connectivity index (χ0v) is 16.4. The van der Waals surface area contributed by atoms with E-state index in [-0.39, 0.29) is 17.4 Å². The number of hydrogen-bond acceptors (Lipinski definition) is 4. The van der Waals surface area contributed by atoms with Crippen molar-refractivity contribution in [3.05, 3.63) is 64.7 Å². The van der Waals surface area contributed by atoms with Gasteiger partial charge in [-0.25, -0.2) is 4.79 Å². The van der Waals surface area contributed by atoms with E-state index in [0.717, 1.165) is 30.2 Å². The topological polar surface area (TPSA) is 86.7 Å². The molecule has 0 atom stereocenters. The molecule has 0 aromatic heterocycles. The van der Waals surface area contributed by atoms with Crippen LogP contribution in [0.25, 0.3) is 0 Å². The number of carbonyl (C=O) groups is 3. The number of aryl methyl sites for hydroxylation is 1. The number of amides is 2. The number of anilines is 1.